The minimum absolute atomic E-state index is 0.464. The van der Waals surface area contributed by atoms with Crippen LogP contribution in [0.4, 0.5) is 22.0 Å². The van der Waals surface area contributed by atoms with Crippen LogP contribution in [0.2, 0.25) is 0 Å². The molecule has 9 heteroatoms. The lowest BCUT2D eigenvalue weighted by atomic mass is 10.2. The van der Waals surface area contributed by atoms with E-state index in [-0.39, 0.29) is 0 Å². The SMILES string of the molecule is O=C(Cl)c1cc(OC(F)F)cc(OC(F)(F)F)c1. The highest BCUT2D eigenvalue weighted by molar-refractivity contribution is 6.67. The third-order valence-electron chi connectivity index (χ3n) is 1.57. The third kappa shape index (κ3) is 4.74. The number of ether oxygens (including phenoxy) is 2. The molecule has 0 aliphatic heterocycles. The van der Waals surface area contributed by atoms with Gasteiger partial charge in [-0.15, -0.1) is 13.2 Å². The van der Waals surface area contributed by atoms with Gasteiger partial charge < -0.3 is 9.47 Å². The molecular weight excluding hydrogens is 287 g/mol. The fraction of sp³-hybridized carbons (Fsp3) is 0.222. The van der Waals surface area contributed by atoms with Gasteiger partial charge in [0, 0.05) is 11.6 Å². The average Bonchev–Trinajstić information content (AvgIpc) is 2.12. The second-order valence-corrected chi connectivity index (χ2v) is 3.24. The molecule has 1 aromatic carbocycles. The van der Waals surface area contributed by atoms with Crippen LogP contribution in [0, 0.1) is 0 Å². The topological polar surface area (TPSA) is 35.5 Å². The molecule has 0 spiro atoms. The van der Waals surface area contributed by atoms with Gasteiger partial charge in [-0.05, 0) is 23.7 Å². The lowest BCUT2D eigenvalue weighted by molar-refractivity contribution is -0.274. The molecule has 0 fully saturated rings. The minimum Gasteiger partial charge on any atom is -0.435 e. The van der Waals surface area contributed by atoms with Gasteiger partial charge in [0.15, 0.2) is 0 Å². The number of carbonyl (C=O) groups excluding carboxylic acids is 1. The maximum absolute atomic E-state index is 11.9. The van der Waals surface area contributed by atoms with Crippen LogP contribution >= 0.6 is 11.6 Å². The van der Waals surface area contributed by atoms with Crippen molar-refractivity contribution in [2.75, 3.05) is 0 Å². The van der Waals surface area contributed by atoms with E-state index >= 15 is 0 Å². The average molecular weight is 291 g/mol. The molecule has 0 N–H and O–H groups in total. The summed E-state index contributed by atoms with van der Waals surface area (Å²) in [6, 6.07) is 1.98. The Hall–Kier alpha value is -1.57. The first kappa shape index (κ1) is 14.5. The molecule has 0 bridgehead atoms. The molecule has 0 atom stereocenters. The van der Waals surface area contributed by atoms with E-state index < -0.39 is 35.3 Å². The van der Waals surface area contributed by atoms with Gasteiger partial charge in [0.2, 0.25) is 0 Å². The number of halogens is 6. The molecule has 0 aliphatic carbocycles. The fourth-order valence-corrected chi connectivity index (χ4v) is 1.16. The molecule has 1 rings (SSSR count). The standard InChI is InChI=1S/C9H4ClF5O3/c10-7(16)4-1-5(17-8(11)12)3-6(2-4)18-9(13,14)15/h1-3,8H. The number of carbonyl (C=O) groups is 1. The Bertz CT molecular complexity index is 446. The Morgan fingerprint density at radius 3 is 2.17 bits per heavy atom. The van der Waals surface area contributed by atoms with Crippen molar-refractivity contribution in [2.24, 2.45) is 0 Å². The van der Waals surface area contributed by atoms with Crippen molar-refractivity contribution in [3.63, 3.8) is 0 Å². The van der Waals surface area contributed by atoms with Crippen molar-refractivity contribution >= 4 is 16.8 Å². The lowest BCUT2D eigenvalue weighted by Gasteiger charge is -2.11. The summed E-state index contributed by atoms with van der Waals surface area (Å²) in [4.78, 5) is 10.8. The van der Waals surface area contributed by atoms with Gasteiger partial charge in [-0.1, -0.05) is 0 Å². The highest BCUT2D eigenvalue weighted by Crippen LogP contribution is 2.29. The van der Waals surface area contributed by atoms with E-state index in [2.05, 4.69) is 9.47 Å². The van der Waals surface area contributed by atoms with E-state index in [9.17, 15) is 26.7 Å². The summed E-state index contributed by atoms with van der Waals surface area (Å²) < 4.78 is 67.0. The summed E-state index contributed by atoms with van der Waals surface area (Å²) in [5, 5.41) is -1.14. The molecule has 18 heavy (non-hydrogen) atoms. The monoisotopic (exact) mass is 290 g/mol. The normalized spacial score (nSPS) is 11.5. The van der Waals surface area contributed by atoms with E-state index in [1.165, 1.54) is 0 Å². The van der Waals surface area contributed by atoms with Crippen molar-refractivity contribution in [1.82, 2.24) is 0 Å². The fourth-order valence-electron chi connectivity index (χ4n) is 1.05. The van der Waals surface area contributed by atoms with Crippen molar-refractivity contribution in [2.45, 2.75) is 13.0 Å². The first-order valence-electron chi connectivity index (χ1n) is 4.23. The van der Waals surface area contributed by atoms with Gasteiger partial charge in [0.1, 0.15) is 11.5 Å². The van der Waals surface area contributed by atoms with Gasteiger partial charge in [-0.25, -0.2) is 0 Å². The Morgan fingerprint density at radius 2 is 1.72 bits per heavy atom. The third-order valence-corrected chi connectivity index (χ3v) is 1.78. The Balaban J connectivity index is 3.10. The zero-order valence-electron chi connectivity index (χ0n) is 8.30. The quantitative estimate of drug-likeness (QED) is 0.628. The second-order valence-electron chi connectivity index (χ2n) is 2.89. The van der Waals surface area contributed by atoms with Crippen LogP contribution in [0.1, 0.15) is 10.4 Å². The first-order valence-corrected chi connectivity index (χ1v) is 4.60. The molecule has 3 nitrogen and oxygen atoms in total. The van der Waals surface area contributed by atoms with Crippen LogP contribution in [-0.2, 0) is 0 Å². The zero-order chi connectivity index (χ0) is 13.9. The number of alkyl halides is 5. The Morgan fingerprint density at radius 1 is 1.17 bits per heavy atom. The maximum Gasteiger partial charge on any atom is 0.573 e. The molecule has 0 amide bonds. The van der Waals surface area contributed by atoms with Crippen LogP contribution < -0.4 is 9.47 Å². The van der Waals surface area contributed by atoms with Crippen molar-refractivity contribution in [3.8, 4) is 11.5 Å². The molecule has 0 unspecified atom stereocenters. The number of hydrogen-bond donors (Lipinski definition) is 0. The summed E-state index contributed by atoms with van der Waals surface area (Å²) in [5.41, 5.74) is -0.464. The molecule has 0 heterocycles. The smallest absolute Gasteiger partial charge is 0.435 e. The summed E-state index contributed by atoms with van der Waals surface area (Å²) in [6.45, 7) is -3.26. The predicted molar refractivity (Wildman–Crippen MR) is 49.9 cm³/mol. The number of hydrogen-bond acceptors (Lipinski definition) is 3. The van der Waals surface area contributed by atoms with Gasteiger partial charge in [-0.3, -0.25) is 4.79 Å². The van der Waals surface area contributed by atoms with Crippen LogP contribution in [0.25, 0.3) is 0 Å². The first-order chi connectivity index (χ1) is 8.17. The van der Waals surface area contributed by atoms with Crippen molar-refractivity contribution < 1.29 is 36.2 Å². The number of rotatable bonds is 4. The molecule has 0 aromatic heterocycles. The summed E-state index contributed by atoms with van der Waals surface area (Å²) in [6.07, 6.45) is -5.03. The minimum atomic E-state index is -5.03. The molecule has 1 aromatic rings. The maximum atomic E-state index is 11.9. The Kier molecular flexibility index (Phi) is 4.33. The highest BCUT2D eigenvalue weighted by atomic mass is 35.5. The highest BCUT2D eigenvalue weighted by Gasteiger charge is 2.31. The predicted octanol–water partition coefficient (Wildman–Crippen LogP) is 3.57. The lowest BCUT2D eigenvalue weighted by Crippen LogP contribution is -2.17. The van der Waals surface area contributed by atoms with Crippen LogP contribution in [0.15, 0.2) is 18.2 Å². The van der Waals surface area contributed by atoms with Crippen LogP contribution in [0.3, 0.4) is 0 Å². The van der Waals surface area contributed by atoms with Gasteiger partial charge in [-0.2, -0.15) is 8.78 Å². The van der Waals surface area contributed by atoms with Crippen molar-refractivity contribution in [3.05, 3.63) is 23.8 Å². The van der Waals surface area contributed by atoms with Crippen molar-refractivity contribution in [1.29, 1.82) is 0 Å². The van der Waals surface area contributed by atoms with Gasteiger partial charge in [0.05, 0.1) is 0 Å². The van der Waals surface area contributed by atoms with E-state index in [1.54, 1.807) is 0 Å². The van der Waals surface area contributed by atoms with E-state index in [0.29, 0.717) is 12.1 Å². The second kappa shape index (κ2) is 5.38. The molecular formula is C9H4ClF5O3. The summed E-state index contributed by atoms with van der Waals surface area (Å²) >= 11 is 5.04. The summed E-state index contributed by atoms with van der Waals surface area (Å²) in [5.74, 6) is -1.56. The number of benzene rings is 1. The molecule has 100 valence electrons. The Labute approximate surface area is 102 Å². The molecule has 0 radical (unpaired) electrons. The zero-order valence-corrected chi connectivity index (χ0v) is 9.06. The van der Waals surface area contributed by atoms with Gasteiger partial charge in [0.25, 0.3) is 5.24 Å². The van der Waals surface area contributed by atoms with Crippen LogP contribution in [-0.4, -0.2) is 18.2 Å². The summed E-state index contributed by atoms with van der Waals surface area (Å²) in [7, 11) is 0. The molecule has 0 saturated carbocycles. The molecule has 0 aliphatic rings. The van der Waals surface area contributed by atoms with E-state index in [0.717, 1.165) is 6.07 Å². The van der Waals surface area contributed by atoms with Gasteiger partial charge >= 0.3 is 13.0 Å². The van der Waals surface area contributed by atoms with E-state index in [4.69, 9.17) is 11.6 Å². The van der Waals surface area contributed by atoms with E-state index in [1.807, 2.05) is 0 Å². The molecule has 0 saturated heterocycles. The largest absolute Gasteiger partial charge is 0.573 e. The van der Waals surface area contributed by atoms with Crippen LogP contribution in [0.5, 0.6) is 11.5 Å².